The van der Waals surface area contributed by atoms with E-state index in [9.17, 15) is 19.7 Å². The third-order valence-corrected chi connectivity index (χ3v) is 6.17. The van der Waals surface area contributed by atoms with Gasteiger partial charge in [0.2, 0.25) is 0 Å². The van der Waals surface area contributed by atoms with E-state index in [1.165, 1.54) is 50.3 Å². The molecule has 1 atom stereocenters. The Labute approximate surface area is 212 Å². The lowest BCUT2D eigenvalue weighted by molar-refractivity contribution is -0.384. The fraction of sp³-hybridized carbons (Fsp3) is 0.556. The van der Waals surface area contributed by atoms with Crippen molar-refractivity contribution in [2.24, 2.45) is 0 Å². The van der Waals surface area contributed by atoms with Gasteiger partial charge in [0, 0.05) is 23.5 Å². The van der Waals surface area contributed by atoms with Crippen molar-refractivity contribution in [2.75, 3.05) is 19.8 Å². The molecule has 0 saturated carbocycles. The Morgan fingerprint density at radius 1 is 0.944 bits per heavy atom. The average molecular weight is 503 g/mol. The number of dihydropyridines is 1. The fourth-order valence-corrected chi connectivity index (χ4v) is 4.38. The smallest absolute Gasteiger partial charge is 0.336 e. The minimum Gasteiger partial charge on any atom is -0.462 e. The minimum atomic E-state index is -0.914. The van der Waals surface area contributed by atoms with Crippen LogP contribution in [0.2, 0.25) is 0 Å². The number of nitrogens with zero attached hydrogens (tertiary/aromatic N) is 1. The molecule has 1 unspecified atom stereocenters. The number of rotatable bonds is 15. The molecule has 36 heavy (non-hydrogen) atoms. The van der Waals surface area contributed by atoms with Crippen LogP contribution in [0.3, 0.4) is 0 Å². The number of nitrogens with one attached hydrogen (secondary N) is 1. The highest BCUT2D eigenvalue weighted by atomic mass is 16.6. The lowest BCUT2D eigenvalue weighted by Gasteiger charge is -2.30. The number of hydrogen-bond acceptors (Lipinski definition) is 8. The number of carbonyl (C=O) groups is 2. The first-order chi connectivity index (χ1) is 17.3. The van der Waals surface area contributed by atoms with Crippen LogP contribution in [-0.2, 0) is 19.1 Å². The molecule has 2 N–H and O–H groups in total. The summed E-state index contributed by atoms with van der Waals surface area (Å²) in [6.45, 7) is 5.25. The number of hydrogen-bond donors (Lipinski definition) is 2. The maximum atomic E-state index is 13.2. The number of esters is 2. The number of aliphatic hydroxyl groups is 1. The molecule has 9 nitrogen and oxygen atoms in total. The Morgan fingerprint density at radius 2 is 1.50 bits per heavy atom. The molecule has 198 valence electrons. The highest BCUT2D eigenvalue weighted by Crippen LogP contribution is 2.40. The van der Waals surface area contributed by atoms with Gasteiger partial charge in [-0.15, -0.1) is 0 Å². The number of nitro benzene ring substituents is 1. The molecule has 1 aromatic carbocycles. The molecule has 1 heterocycles. The third-order valence-electron chi connectivity index (χ3n) is 6.17. The van der Waals surface area contributed by atoms with Gasteiger partial charge in [-0.05, 0) is 25.8 Å². The molecule has 0 fully saturated rings. The molecule has 0 radical (unpaired) electrons. The van der Waals surface area contributed by atoms with Gasteiger partial charge in [0.05, 0.1) is 35.2 Å². The zero-order valence-electron chi connectivity index (χ0n) is 21.5. The second-order valence-electron chi connectivity index (χ2n) is 8.96. The lowest BCUT2D eigenvalue weighted by atomic mass is 9.80. The van der Waals surface area contributed by atoms with Gasteiger partial charge in [0.25, 0.3) is 5.69 Å². The summed E-state index contributed by atoms with van der Waals surface area (Å²) in [5.41, 5.74) is 1.57. The Balaban J connectivity index is 2.21. The van der Waals surface area contributed by atoms with Crippen LogP contribution in [0.15, 0.2) is 46.8 Å². The summed E-state index contributed by atoms with van der Waals surface area (Å²) < 4.78 is 10.7. The van der Waals surface area contributed by atoms with Crippen molar-refractivity contribution in [2.45, 2.75) is 78.1 Å². The number of unbranched alkanes of at least 4 members (excludes halogenated alkanes) is 7. The molecule has 1 aromatic rings. The van der Waals surface area contributed by atoms with E-state index in [-0.39, 0.29) is 36.7 Å². The van der Waals surface area contributed by atoms with E-state index in [0.717, 1.165) is 19.3 Å². The first-order valence-electron chi connectivity index (χ1n) is 12.7. The number of ether oxygens (including phenoxy) is 2. The Morgan fingerprint density at radius 3 is 2.06 bits per heavy atom. The van der Waals surface area contributed by atoms with Crippen molar-refractivity contribution in [3.8, 4) is 0 Å². The summed E-state index contributed by atoms with van der Waals surface area (Å²) in [5.74, 6) is -2.21. The van der Waals surface area contributed by atoms with Crippen LogP contribution in [0, 0.1) is 10.1 Å². The standard InChI is InChI=1S/C27H38N2O7/c1-4-5-6-7-8-9-10-11-16-35-26(31)23-19(2)28-20(3)24(27(32)36-17-15-30)25(23)21-13-12-14-22(18-21)29(33)34/h12-14,18,25,28,30H,4-11,15-17H2,1-3H3. The maximum Gasteiger partial charge on any atom is 0.336 e. The summed E-state index contributed by atoms with van der Waals surface area (Å²) in [7, 11) is 0. The van der Waals surface area contributed by atoms with E-state index in [2.05, 4.69) is 12.2 Å². The Kier molecular flexibility index (Phi) is 12.1. The summed E-state index contributed by atoms with van der Waals surface area (Å²) in [6, 6.07) is 5.85. The molecular formula is C27H38N2O7. The quantitative estimate of drug-likeness (QED) is 0.148. The van der Waals surface area contributed by atoms with Crippen molar-refractivity contribution in [3.63, 3.8) is 0 Å². The van der Waals surface area contributed by atoms with Gasteiger partial charge in [-0.2, -0.15) is 0 Å². The van der Waals surface area contributed by atoms with Crippen molar-refractivity contribution in [1.82, 2.24) is 5.32 Å². The van der Waals surface area contributed by atoms with E-state index < -0.39 is 22.8 Å². The van der Waals surface area contributed by atoms with Crippen LogP contribution < -0.4 is 5.32 Å². The second kappa shape index (κ2) is 15.0. The monoisotopic (exact) mass is 502 g/mol. The molecule has 0 bridgehead atoms. The van der Waals surface area contributed by atoms with Crippen LogP contribution in [-0.4, -0.2) is 41.8 Å². The number of carbonyl (C=O) groups excluding carboxylic acids is 2. The van der Waals surface area contributed by atoms with Gasteiger partial charge in [0.15, 0.2) is 0 Å². The number of benzene rings is 1. The average Bonchev–Trinajstić information content (AvgIpc) is 2.85. The van der Waals surface area contributed by atoms with Crippen molar-refractivity contribution in [1.29, 1.82) is 0 Å². The highest BCUT2D eigenvalue weighted by molar-refractivity contribution is 6.00. The van der Waals surface area contributed by atoms with Gasteiger partial charge in [-0.3, -0.25) is 10.1 Å². The third kappa shape index (κ3) is 8.19. The second-order valence-corrected chi connectivity index (χ2v) is 8.96. The highest BCUT2D eigenvalue weighted by Gasteiger charge is 2.38. The van der Waals surface area contributed by atoms with Crippen molar-refractivity contribution >= 4 is 17.6 Å². The molecule has 0 aliphatic carbocycles. The van der Waals surface area contributed by atoms with E-state index in [1.54, 1.807) is 19.9 Å². The Bertz CT molecular complexity index is 984. The summed E-state index contributed by atoms with van der Waals surface area (Å²) in [5, 5.41) is 23.5. The van der Waals surface area contributed by atoms with Gasteiger partial charge < -0.3 is 19.9 Å². The maximum absolute atomic E-state index is 13.2. The van der Waals surface area contributed by atoms with Gasteiger partial charge >= 0.3 is 11.9 Å². The molecule has 0 saturated heterocycles. The topological polar surface area (TPSA) is 128 Å². The predicted molar refractivity (Wildman–Crippen MR) is 136 cm³/mol. The summed E-state index contributed by atoms with van der Waals surface area (Å²) in [6.07, 6.45) is 8.90. The number of allylic oxidation sites excluding steroid dienone is 2. The molecule has 1 aliphatic rings. The zero-order chi connectivity index (χ0) is 26.5. The molecule has 9 heteroatoms. The van der Waals surface area contributed by atoms with E-state index in [0.29, 0.717) is 17.0 Å². The SMILES string of the molecule is CCCCCCCCCCOC(=O)C1=C(C)NC(C)=C(C(=O)OCCO)C1c1cccc([N+](=O)[O-])c1. The molecule has 0 aromatic heterocycles. The number of non-ortho nitro benzene ring substituents is 1. The first kappa shape index (κ1) is 29.0. The van der Waals surface area contributed by atoms with Crippen molar-refractivity contribution in [3.05, 3.63) is 62.5 Å². The van der Waals surface area contributed by atoms with Gasteiger partial charge in [-0.1, -0.05) is 64.0 Å². The molecular weight excluding hydrogens is 464 g/mol. The molecule has 0 spiro atoms. The fourth-order valence-electron chi connectivity index (χ4n) is 4.38. The predicted octanol–water partition coefficient (Wildman–Crippen LogP) is 5.05. The van der Waals surface area contributed by atoms with Gasteiger partial charge in [0.1, 0.15) is 6.61 Å². The lowest BCUT2D eigenvalue weighted by Crippen LogP contribution is -2.33. The normalized spacial score (nSPS) is 15.5. The van der Waals surface area contributed by atoms with Crippen LogP contribution in [0.25, 0.3) is 0 Å². The van der Waals surface area contributed by atoms with Crippen LogP contribution in [0.4, 0.5) is 5.69 Å². The van der Waals surface area contributed by atoms with E-state index in [4.69, 9.17) is 14.6 Å². The van der Waals surface area contributed by atoms with Crippen LogP contribution >= 0.6 is 0 Å². The van der Waals surface area contributed by atoms with Crippen LogP contribution in [0.1, 0.15) is 83.6 Å². The van der Waals surface area contributed by atoms with Gasteiger partial charge in [-0.25, -0.2) is 9.59 Å². The Hall–Kier alpha value is -3.20. The number of aliphatic hydroxyl groups excluding tert-OH is 1. The number of nitro groups is 1. The van der Waals surface area contributed by atoms with E-state index in [1.807, 2.05) is 0 Å². The summed E-state index contributed by atoms with van der Waals surface area (Å²) >= 11 is 0. The van der Waals surface area contributed by atoms with E-state index >= 15 is 0 Å². The first-order valence-corrected chi connectivity index (χ1v) is 12.7. The van der Waals surface area contributed by atoms with Crippen LogP contribution in [0.5, 0.6) is 0 Å². The molecule has 0 amide bonds. The zero-order valence-corrected chi connectivity index (χ0v) is 21.5. The molecule has 2 rings (SSSR count). The molecule has 1 aliphatic heterocycles. The minimum absolute atomic E-state index is 0.147. The largest absolute Gasteiger partial charge is 0.462 e. The van der Waals surface area contributed by atoms with Crippen molar-refractivity contribution < 1.29 is 29.1 Å². The summed E-state index contributed by atoms with van der Waals surface area (Å²) in [4.78, 5) is 37.0.